The van der Waals surface area contributed by atoms with Crippen LogP contribution < -0.4 is 0 Å². The fraction of sp³-hybridized carbons (Fsp3) is 0.600. The second kappa shape index (κ2) is 3.06. The summed E-state index contributed by atoms with van der Waals surface area (Å²) in [6.45, 7) is 0.843. The molecule has 0 aromatic rings. The number of Topliss-reactive ketones (excluding diaryl/α,β-unsaturated/α-hetero) is 1. The van der Waals surface area contributed by atoms with Crippen LogP contribution in [-0.4, -0.2) is 48.2 Å². The number of cyclic esters (lactones) is 1. The lowest BCUT2D eigenvalue weighted by molar-refractivity contribution is -0.136. The van der Waals surface area contributed by atoms with Crippen molar-refractivity contribution in [2.45, 2.75) is 24.7 Å². The maximum atomic E-state index is 11.8. The van der Waals surface area contributed by atoms with Crippen LogP contribution in [0.4, 0.5) is 4.79 Å². The van der Waals surface area contributed by atoms with E-state index < -0.39 is 12.1 Å². The number of rotatable bonds is 1. The first-order chi connectivity index (χ1) is 7.25. The first-order valence-corrected chi connectivity index (χ1v) is 5.05. The molecule has 0 saturated carbocycles. The van der Waals surface area contributed by atoms with Gasteiger partial charge in [0.25, 0.3) is 0 Å². The molecule has 0 aliphatic carbocycles. The third-order valence-corrected chi connectivity index (χ3v) is 3.02. The maximum Gasteiger partial charge on any atom is 0.410 e. The van der Waals surface area contributed by atoms with Gasteiger partial charge in [-0.2, -0.15) is 0 Å². The SMILES string of the molecule is O=C1C[C@H]2C=C[C@H](O2)[C@H]1N1CCOC1=O. The zero-order chi connectivity index (χ0) is 10.4. The molecule has 0 unspecified atom stereocenters. The third kappa shape index (κ3) is 1.26. The highest BCUT2D eigenvalue weighted by Gasteiger charge is 2.45. The highest BCUT2D eigenvalue weighted by molar-refractivity contribution is 5.90. The van der Waals surface area contributed by atoms with Crippen LogP contribution in [0, 0.1) is 0 Å². The standard InChI is InChI=1S/C10H11NO4/c12-7-5-6-1-2-8(15-6)9(7)11-3-4-14-10(11)13/h1-2,6,8-9H,3-5H2/t6-,8+,9+/m1/s1. The molecule has 2 saturated heterocycles. The van der Waals surface area contributed by atoms with E-state index in [1.165, 1.54) is 4.90 Å². The molecule has 0 aromatic carbocycles. The molecule has 0 aromatic heterocycles. The molecule has 5 heteroatoms. The topological polar surface area (TPSA) is 55.8 Å². The molecular weight excluding hydrogens is 198 g/mol. The van der Waals surface area contributed by atoms with Gasteiger partial charge in [0.05, 0.1) is 12.6 Å². The van der Waals surface area contributed by atoms with Gasteiger partial charge in [0.2, 0.25) is 0 Å². The number of carbonyl (C=O) groups excluding carboxylic acids is 2. The first-order valence-electron chi connectivity index (χ1n) is 5.05. The van der Waals surface area contributed by atoms with Crippen molar-refractivity contribution >= 4 is 11.9 Å². The lowest BCUT2D eigenvalue weighted by Gasteiger charge is -2.33. The van der Waals surface area contributed by atoms with Crippen molar-refractivity contribution in [3.63, 3.8) is 0 Å². The Morgan fingerprint density at radius 2 is 2.20 bits per heavy atom. The highest BCUT2D eigenvalue weighted by Crippen LogP contribution is 2.29. The summed E-state index contributed by atoms with van der Waals surface area (Å²) in [4.78, 5) is 24.7. The van der Waals surface area contributed by atoms with Crippen LogP contribution in [0.1, 0.15) is 6.42 Å². The van der Waals surface area contributed by atoms with Gasteiger partial charge in [-0.25, -0.2) is 4.79 Å². The van der Waals surface area contributed by atoms with Crippen LogP contribution in [0.25, 0.3) is 0 Å². The summed E-state index contributed by atoms with van der Waals surface area (Å²) >= 11 is 0. The van der Waals surface area contributed by atoms with Gasteiger partial charge in [-0.15, -0.1) is 0 Å². The van der Waals surface area contributed by atoms with Crippen LogP contribution >= 0.6 is 0 Å². The molecule has 3 aliphatic rings. The Balaban J connectivity index is 1.87. The average Bonchev–Trinajstić information content (AvgIpc) is 2.76. The lowest BCUT2D eigenvalue weighted by atomic mass is 10.0. The lowest BCUT2D eigenvalue weighted by Crippen LogP contribution is -2.52. The van der Waals surface area contributed by atoms with E-state index in [0.717, 1.165) is 0 Å². The van der Waals surface area contributed by atoms with Gasteiger partial charge in [0.15, 0.2) is 5.78 Å². The molecule has 1 amide bonds. The van der Waals surface area contributed by atoms with Gasteiger partial charge >= 0.3 is 6.09 Å². The van der Waals surface area contributed by atoms with E-state index in [0.29, 0.717) is 19.6 Å². The van der Waals surface area contributed by atoms with Crippen molar-refractivity contribution in [1.82, 2.24) is 4.90 Å². The van der Waals surface area contributed by atoms with Gasteiger partial charge in [0, 0.05) is 6.42 Å². The van der Waals surface area contributed by atoms with E-state index >= 15 is 0 Å². The molecule has 80 valence electrons. The predicted molar refractivity (Wildman–Crippen MR) is 49.3 cm³/mol. The van der Waals surface area contributed by atoms with Crippen molar-refractivity contribution in [3.05, 3.63) is 12.2 Å². The molecule has 5 nitrogen and oxygen atoms in total. The zero-order valence-corrected chi connectivity index (χ0v) is 8.09. The van der Waals surface area contributed by atoms with Crippen LogP contribution in [0.15, 0.2) is 12.2 Å². The van der Waals surface area contributed by atoms with Gasteiger partial charge < -0.3 is 9.47 Å². The Morgan fingerprint density at radius 3 is 2.93 bits per heavy atom. The molecular formula is C10H11NO4. The Hall–Kier alpha value is -1.36. The molecule has 0 radical (unpaired) electrons. The van der Waals surface area contributed by atoms with E-state index in [1.54, 1.807) is 0 Å². The zero-order valence-electron chi connectivity index (χ0n) is 8.09. The van der Waals surface area contributed by atoms with E-state index in [4.69, 9.17) is 9.47 Å². The summed E-state index contributed by atoms with van der Waals surface area (Å²) in [5.41, 5.74) is 0. The van der Waals surface area contributed by atoms with Gasteiger partial charge in [-0.1, -0.05) is 12.2 Å². The van der Waals surface area contributed by atoms with Crippen molar-refractivity contribution in [2.75, 3.05) is 13.2 Å². The van der Waals surface area contributed by atoms with Crippen LogP contribution in [-0.2, 0) is 14.3 Å². The fourth-order valence-electron chi connectivity index (χ4n) is 2.33. The van der Waals surface area contributed by atoms with Gasteiger partial charge in [0.1, 0.15) is 18.8 Å². The average molecular weight is 209 g/mol. The van der Waals surface area contributed by atoms with Crippen LogP contribution in [0.3, 0.4) is 0 Å². The molecule has 3 aliphatic heterocycles. The first kappa shape index (κ1) is 8.91. The van der Waals surface area contributed by atoms with E-state index in [-0.39, 0.29) is 18.0 Å². The Labute approximate surface area is 86.6 Å². The number of amides is 1. The summed E-state index contributed by atoms with van der Waals surface area (Å²) in [5, 5.41) is 0. The molecule has 3 atom stereocenters. The number of hydrogen-bond acceptors (Lipinski definition) is 4. The van der Waals surface area contributed by atoms with Crippen molar-refractivity contribution in [3.8, 4) is 0 Å². The quantitative estimate of drug-likeness (QED) is 0.575. The number of ketones is 1. The largest absolute Gasteiger partial charge is 0.448 e. The molecule has 2 bridgehead atoms. The van der Waals surface area contributed by atoms with Crippen molar-refractivity contribution in [2.24, 2.45) is 0 Å². The van der Waals surface area contributed by atoms with E-state index in [9.17, 15) is 9.59 Å². The van der Waals surface area contributed by atoms with Crippen LogP contribution in [0.2, 0.25) is 0 Å². The van der Waals surface area contributed by atoms with Gasteiger partial charge in [-0.05, 0) is 0 Å². The highest BCUT2D eigenvalue weighted by atomic mass is 16.6. The minimum atomic E-state index is -0.477. The molecule has 15 heavy (non-hydrogen) atoms. The summed E-state index contributed by atoms with van der Waals surface area (Å²) in [6.07, 6.45) is 3.35. The minimum absolute atomic E-state index is 0.0695. The monoisotopic (exact) mass is 209 g/mol. The van der Waals surface area contributed by atoms with Gasteiger partial charge in [-0.3, -0.25) is 9.69 Å². The second-order valence-corrected chi connectivity index (χ2v) is 3.95. The number of ether oxygens (including phenoxy) is 2. The number of carbonyl (C=O) groups is 2. The smallest absolute Gasteiger partial charge is 0.410 e. The van der Waals surface area contributed by atoms with Crippen LogP contribution in [0.5, 0.6) is 0 Å². The number of fused-ring (bicyclic) bond motifs is 2. The maximum absolute atomic E-state index is 11.8. The predicted octanol–water partition coefficient (Wildman–Crippen LogP) is 0.104. The fourth-order valence-corrected chi connectivity index (χ4v) is 2.33. The van der Waals surface area contributed by atoms with E-state index in [1.807, 2.05) is 12.2 Å². The van der Waals surface area contributed by atoms with Crippen molar-refractivity contribution < 1.29 is 19.1 Å². The Bertz CT molecular complexity index is 351. The summed E-state index contributed by atoms with van der Waals surface area (Å²) in [5.74, 6) is 0.0695. The van der Waals surface area contributed by atoms with Crippen molar-refractivity contribution in [1.29, 1.82) is 0 Å². The Morgan fingerprint density at radius 1 is 1.33 bits per heavy atom. The Kier molecular flexibility index (Phi) is 1.82. The molecule has 3 rings (SSSR count). The molecule has 2 fully saturated rings. The molecule has 0 N–H and O–H groups in total. The number of hydrogen-bond donors (Lipinski definition) is 0. The molecule has 3 heterocycles. The summed E-state index contributed by atoms with van der Waals surface area (Å²) in [6, 6.07) is -0.477. The number of nitrogens with zero attached hydrogens (tertiary/aromatic N) is 1. The second-order valence-electron chi connectivity index (χ2n) is 3.95. The normalized spacial score (nSPS) is 38.7. The minimum Gasteiger partial charge on any atom is -0.448 e. The molecule has 0 spiro atoms. The van der Waals surface area contributed by atoms with E-state index in [2.05, 4.69) is 0 Å². The third-order valence-electron chi connectivity index (χ3n) is 3.02. The summed E-state index contributed by atoms with van der Waals surface area (Å²) < 4.78 is 10.4. The summed E-state index contributed by atoms with van der Waals surface area (Å²) in [7, 11) is 0.